The summed E-state index contributed by atoms with van der Waals surface area (Å²) in [6, 6.07) is 13.2. The Labute approximate surface area is 152 Å². The van der Waals surface area contributed by atoms with Gasteiger partial charge >= 0.3 is 0 Å². The van der Waals surface area contributed by atoms with Crippen LogP contribution in [0.1, 0.15) is 19.4 Å². The van der Waals surface area contributed by atoms with Gasteiger partial charge in [-0.2, -0.15) is 0 Å². The molecule has 0 aliphatic heterocycles. The Balaban J connectivity index is 1.88. The number of nitrogens with zero attached hydrogens (tertiary/aromatic N) is 1. The first-order chi connectivity index (χ1) is 12.5. The van der Waals surface area contributed by atoms with Crippen LogP contribution in [0.2, 0.25) is 0 Å². The van der Waals surface area contributed by atoms with E-state index in [-0.39, 0.29) is 24.2 Å². The Bertz CT molecular complexity index is 730. The number of anilines is 1. The molecule has 2 rings (SSSR count). The number of ether oxygens (including phenoxy) is 1. The predicted octanol–water partition coefficient (Wildman–Crippen LogP) is 3.25. The molecule has 0 saturated carbocycles. The fourth-order valence-corrected chi connectivity index (χ4v) is 2.44. The van der Waals surface area contributed by atoms with Crippen molar-refractivity contribution in [3.05, 3.63) is 59.9 Å². The molecule has 0 aromatic heterocycles. The van der Waals surface area contributed by atoms with Gasteiger partial charge in [-0.1, -0.05) is 12.1 Å². The number of carbonyl (C=O) groups is 2. The number of hydrogen-bond acceptors (Lipinski definition) is 3. The van der Waals surface area contributed by atoms with E-state index in [1.165, 1.54) is 24.0 Å². The molecule has 5 nitrogen and oxygen atoms in total. The highest BCUT2D eigenvalue weighted by atomic mass is 19.1. The van der Waals surface area contributed by atoms with E-state index in [1.54, 1.807) is 36.4 Å². The second kappa shape index (κ2) is 9.56. The Morgan fingerprint density at radius 3 is 2.31 bits per heavy atom. The quantitative estimate of drug-likeness (QED) is 0.788. The number of rotatable bonds is 8. The van der Waals surface area contributed by atoms with E-state index >= 15 is 0 Å². The Morgan fingerprint density at radius 2 is 1.73 bits per heavy atom. The second-order valence-electron chi connectivity index (χ2n) is 5.82. The number of hydrogen-bond donors (Lipinski definition) is 1. The van der Waals surface area contributed by atoms with E-state index in [1.807, 2.05) is 6.92 Å². The molecule has 6 heteroatoms. The lowest BCUT2D eigenvalue weighted by Gasteiger charge is -2.20. The normalized spacial score (nSPS) is 10.3. The van der Waals surface area contributed by atoms with Crippen molar-refractivity contribution in [1.82, 2.24) is 4.90 Å². The monoisotopic (exact) mass is 358 g/mol. The lowest BCUT2D eigenvalue weighted by atomic mass is 10.1. The molecule has 0 aliphatic carbocycles. The van der Waals surface area contributed by atoms with E-state index in [2.05, 4.69) is 5.32 Å². The maximum absolute atomic E-state index is 12.9. The number of nitrogens with one attached hydrogen (secondary N) is 1. The summed E-state index contributed by atoms with van der Waals surface area (Å²) in [6.07, 6.45) is 0.552. The zero-order valence-corrected chi connectivity index (χ0v) is 15.0. The lowest BCUT2D eigenvalue weighted by molar-refractivity contribution is -0.132. The van der Waals surface area contributed by atoms with Gasteiger partial charge in [0, 0.05) is 19.2 Å². The zero-order valence-electron chi connectivity index (χ0n) is 15.0. The Morgan fingerprint density at radius 1 is 1.08 bits per heavy atom. The smallest absolute Gasteiger partial charge is 0.243 e. The molecular formula is C20H23FN2O3. The highest BCUT2D eigenvalue weighted by Gasteiger charge is 2.14. The first-order valence-electron chi connectivity index (χ1n) is 8.50. The highest BCUT2D eigenvalue weighted by Crippen LogP contribution is 2.15. The van der Waals surface area contributed by atoms with Gasteiger partial charge < -0.3 is 15.0 Å². The summed E-state index contributed by atoms with van der Waals surface area (Å²) in [5.74, 6) is -0.0283. The number of carbonyl (C=O) groups excluding carboxylic acids is 2. The summed E-state index contributed by atoms with van der Waals surface area (Å²) >= 11 is 0. The summed E-state index contributed by atoms with van der Waals surface area (Å²) in [4.78, 5) is 25.5. The SMILES string of the molecule is CCOc1ccc(NC(=O)CN(CCc2ccc(F)cc2)C(C)=O)cc1. The fraction of sp³-hybridized carbons (Fsp3) is 0.300. The molecule has 0 atom stereocenters. The van der Waals surface area contributed by atoms with Crippen molar-refractivity contribution in [2.24, 2.45) is 0 Å². The van der Waals surface area contributed by atoms with Crippen molar-refractivity contribution in [1.29, 1.82) is 0 Å². The first kappa shape index (κ1) is 19.4. The number of halogens is 1. The van der Waals surface area contributed by atoms with Crippen molar-refractivity contribution in [3.63, 3.8) is 0 Å². The molecule has 0 unspecified atom stereocenters. The molecule has 0 heterocycles. The molecule has 2 amide bonds. The van der Waals surface area contributed by atoms with Gasteiger partial charge in [0.15, 0.2) is 0 Å². The molecule has 0 spiro atoms. The van der Waals surface area contributed by atoms with Gasteiger partial charge in [0.05, 0.1) is 13.2 Å². The first-order valence-corrected chi connectivity index (χ1v) is 8.50. The minimum absolute atomic E-state index is 0.0380. The fourth-order valence-electron chi connectivity index (χ4n) is 2.44. The van der Waals surface area contributed by atoms with Crippen molar-refractivity contribution >= 4 is 17.5 Å². The summed E-state index contributed by atoms with van der Waals surface area (Å²) in [7, 11) is 0. The van der Waals surface area contributed by atoms with Crippen LogP contribution < -0.4 is 10.1 Å². The van der Waals surface area contributed by atoms with Crippen LogP contribution in [0.4, 0.5) is 10.1 Å². The lowest BCUT2D eigenvalue weighted by Crippen LogP contribution is -2.38. The van der Waals surface area contributed by atoms with Gasteiger partial charge in [-0.25, -0.2) is 4.39 Å². The van der Waals surface area contributed by atoms with Crippen LogP contribution in [0.5, 0.6) is 5.75 Å². The molecule has 0 radical (unpaired) electrons. The average Bonchev–Trinajstić information content (AvgIpc) is 2.61. The third-order valence-electron chi connectivity index (χ3n) is 3.81. The molecule has 26 heavy (non-hydrogen) atoms. The Kier molecular flexibility index (Phi) is 7.14. The van der Waals surface area contributed by atoms with Crippen molar-refractivity contribution in [3.8, 4) is 5.75 Å². The maximum Gasteiger partial charge on any atom is 0.243 e. The molecule has 0 bridgehead atoms. The molecule has 0 aliphatic rings. The highest BCUT2D eigenvalue weighted by molar-refractivity contribution is 5.94. The van der Waals surface area contributed by atoms with E-state index in [9.17, 15) is 14.0 Å². The zero-order chi connectivity index (χ0) is 18.9. The van der Waals surface area contributed by atoms with Crippen LogP contribution in [-0.2, 0) is 16.0 Å². The topological polar surface area (TPSA) is 58.6 Å². The van der Waals surface area contributed by atoms with Crippen LogP contribution in [0.3, 0.4) is 0 Å². The number of amides is 2. The Hall–Kier alpha value is -2.89. The molecule has 2 aromatic rings. The maximum atomic E-state index is 12.9. The van der Waals surface area contributed by atoms with E-state index < -0.39 is 0 Å². The van der Waals surface area contributed by atoms with Gasteiger partial charge in [-0.3, -0.25) is 9.59 Å². The number of benzene rings is 2. The van der Waals surface area contributed by atoms with Gasteiger partial charge in [0.2, 0.25) is 11.8 Å². The van der Waals surface area contributed by atoms with Crippen LogP contribution in [-0.4, -0.2) is 36.4 Å². The van der Waals surface area contributed by atoms with Crippen LogP contribution in [0.25, 0.3) is 0 Å². The molecule has 0 fully saturated rings. The minimum atomic E-state index is -0.299. The van der Waals surface area contributed by atoms with E-state index in [0.717, 1.165) is 11.3 Å². The van der Waals surface area contributed by atoms with Crippen molar-refractivity contribution in [2.75, 3.05) is 25.0 Å². The average molecular weight is 358 g/mol. The van der Waals surface area contributed by atoms with Gasteiger partial charge in [0.25, 0.3) is 0 Å². The van der Waals surface area contributed by atoms with Crippen molar-refractivity contribution in [2.45, 2.75) is 20.3 Å². The van der Waals surface area contributed by atoms with E-state index in [4.69, 9.17) is 4.74 Å². The third-order valence-corrected chi connectivity index (χ3v) is 3.81. The molecule has 0 saturated heterocycles. The summed E-state index contributed by atoms with van der Waals surface area (Å²) in [5, 5.41) is 2.76. The summed E-state index contributed by atoms with van der Waals surface area (Å²) < 4.78 is 18.3. The third kappa shape index (κ3) is 6.20. The van der Waals surface area contributed by atoms with Crippen molar-refractivity contribution < 1.29 is 18.7 Å². The summed E-state index contributed by atoms with van der Waals surface area (Å²) in [6.45, 7) is 4.25. The predicted molar refractivity (Wildman–Crippen MR) is 98.6 cm³/mol. The van der Waals surface area contributed by atoms with Crippen LogP contribution >= 0.6 is 0 Å². The molecular weight excluding hydrogens is 335 g/mol. The van der Waals surface area contributed by atoms with E-state index in [0.29, 0.717) is 25.3 Å². The van der Waals surface area contributed by atoms with Crippen LogP contribution in [0.15, 0.2) is 48.5 Å². The summed E-state index contributed by atoms with van der Waals surface area (Å²) in [5.41, 5.74) is 1.55. The standard InChI is InChI=1S/C20H23FN2O3/c1-3-26-19-10-8-18(9-11-19)22-20(25)14-23(15(2)24)13-12-16-4-6-17(21)7-5-16/h4-11H,3,12-14H2,1-2H3,(H,22,25). The van der Waals surface area contributed by atoms with Gasteiger partial charge in [0.1, 0.15) is 11.6 Å². The molecule has 1 N–H and O–H groups in total. The minimum Gasteiger partial charge on any atom is -0.494 e. The molecule has 2 aromatic carbocycles. The van der Waals surface area contributed by atoms with Gasteiger partial charge in [-0.15, -0.1) is 0 Å². The second-order valence-corrected chi connectivity index (χ2v) is 5.82. The van der Waals surface area contributed by atoms with Crippen LogP contribution in [0, 0.1) is 5.82 Å². The largest absolute Gasteiger partial charge is 0.494 e. The van der Waals surface area contributed by atoms with Gasteiger partial charge in [-0.05, 0) is 55.3 Å². The molecule has 138 valence electrons.